The molecular formula is C20H20O. The second-order valence-electron chi connectivity index (χ2n) is 5.38. The number of rotatable bonds is 4. The van der Waals surface area contributed by atoms with Crippen LogP contribution in [0.3, 0.4) is 0 Å². The lowest BCUT2D eigenvalue weighted by atomic mass is 10.0. The quantitative estimate of drug-likeness (QED) is 0.596. The number of ether oxygens (including phenoxy) is 1. The molecule has 106 valence electrons. The van der Waals surface area contributed by atoms with Gasteiger partial charge >= 0.3 is 0 Å². The second kappa shape index (κ2) is 6.01. The zero-order chi connectivity index (χ0) is 14.7. The van der Waals surface area contributed by atoms with E-state index < -0.39 is 0 Å². The lowest BCUT2D eigenvalue weighted by molar-refractivity contribution is 0.201. The van der Waals surface area contributed by atoms with Gasteiger partial charge in [-0.3, -0.25) is 0 Å². The standard InChI is InChI=1S/C20H20O/c1-3-20(19-11-7-4-8-15(19)2)21-18-13-12-16-9-5-6-10-17(16)14-18/h4-14,20H,3H2,1-2H3. The molecule has 0 aliphatic rings. The van der Waals surface area contributed by atoms with Gasteiger partial charge in [0.1, 0.15) is 11.9 Å². The lowest BCUT2D eigenvalue weighted by Gasteiger charge is -2.20. The molecule has 0 fully saturated rings. The molecule has 1 nitrogen and oxygen atoms in total. The van der Waals surface area contributed by atoms with E-state index in [9.17, 15) is 0 Å². The van der Waals surface area contributed by atoms with E-state index in [2.05, 4.69) is 80.6 Å². The highest BCUT2D eigenvalue weighted by Crippen LogP contribution is 2.29. The second-order valence-corrected chi connectivity index (χ2v) is 5.38. The summed E-state index contributed by atoms with van der Waals surface area (Å²) in [5.41, 5.74) is 2.55. The van der Waals surface area contributed by atoms with Crippen molar-refractivity contribution >= 4 is 10.8 Å². The minimum atomic E-state index is 0.104. The molecule has 0 aliphatic carbocycles. The zero-order valence-electron chi connectivity index (χ0n) is 12.5. The SMILES string of the molecule is CCC(Oc1ccc2ccccc2c1)c1ccccc1C. The van der Waals surface area contributed by atoms with Gasteiger partial charge in [-0.2, -0.15) is 0 Å². The van der Waals surface area contributed by atoms with Crippen LogP contribution in [-0.2, 0) is 0 Å². The van der Waals surface area contributed by atoms with Crippen LogP contribution in [0.4, 0.5) is 0 Å². The van der Waals surface area contributed by atoms with Crippen LogP contribution in [0, 0.1) is 6.92 Å². The first-order chi connectivity index (χ1) is 10.3. The van der Waals surface area contributed by atoms with Crippen LogP contribution < -0.4 is 4.74 Å². The van der Waals surface area contributed by atoms with Gasteiger partial charge in [-0.1, -0.05) is 61.5 Å². The Morgan fingerprint density at radius 1 is 0.857 bits per heavy atom. The van der Waals surface area contributed by atoms with Crippen LogP contribution in [0.5, 0.6) is 5.75 Å². The van der Waals surface area contributed by atoms with E-state index in [1.165, 1.54) is 21.9 Å². The minimum absolute atomic E-state index is 0.104. The van der Waals surface area contributed by atoms with Crippen molar-refractivity contribution in [1.82, 2.24) is 0 Å². The van der Waals surface area contributed by atoms with E-state index in [1.54, 1.807) is 0 Å². The maximum atomic E-state index is 6.24. The predicted molar refractivity (Wildman–Crippen MR) is 88.8 cm³/mol. The Balaban J connectivity index is 1.90. The summed E-state index contributed by atoms with van der Waals surface area (Å²) >= 11 is 0. The molecule has 1 heteroatoms. The zero-order valence-corrected chi connectivity index (χ0v) is 12.5. The molecule has 0 aliphatic heterocycles. The molecule has 0 radical (unpaired) electrons. The van der Waals surface area contributed by atoms with Crippen LogP contribution in [0.15, 0.2) is 66.7 Å². The van der Waals surface area contributed by atoms with Gasteiger partial charge in [0, 0.05) is 0 Å². The van der Waals surface area contributed by atoms with Crippen LogP contribution >= 0.6 is 0 Å². The van der Waals surface area contributed by atoms with Crippen LogP contribution in [-0.4, -0.2) is 0 Å². The fourth-order valence-electron chi connectivity index (χ4n) is 2.72. The van der Waals surface area contributed by atoms with Gasteiger partial charge in [0.25, 0.3) is 0 Å². The maximum Gasteiger partial charge on any atom is 0.124 e. The Hall–Kier alpha value is -2.28. The highest BCUT2D eigenvalue weighted by molar-refractivity contribution is 5.83. The molecule has 0 saturated carbocycles. The molecule has 0 spiro atoms. The Morgan fingerprint density at radius 3 is 2.33 bits per heavy atom. The molecule has 0 amide bonds. The molecule has 21 heavy (non-hydrogen) atoms. The van der Waals surface area contributed by atoms with Crippen LogP contribution in [0.2, 0.25) is 0 Å². The van der Waals surface area contributed by atoms with Crippen molar-refractivity contribution in [3.05, 3.63) is 77.9 Å². The molecule has 0 saturated heterocycles. The van der Waals surface area contributed by atoms with Gasteiger partial charge in [0.2, 0.25) is 0 Å². The highest BCUT2D eigenvalue weighted by Gasteiger charge is 2.13. The summed E-state index contributed by atoms with van der Waals surface area (Å²) in [6.07, 6.45) is 1.06. The summed E-state index contributed by atoms with van der Waals surface area (Å²) in [6, 6.07) is 23.1. The summed E-state index contributed by atoms with van der Waals surface area (Å²) in [5.74, 6) is 0.934. The summed E-state index contributed by atoms with van der Waals surface area (Å²) in [4.78, 5) is 0. The van der Waals surface area contributed by atoms with Crippen molar-refractivity contribution in [2.45, 2.75) is 26.4 Å². The number of hydrogen-bond acceptors (Lipinski definition) is 1. The van der Waals surface area contributed by atoms with Crippen LogP contribution in [0.1, 0.15) is 30.6 Å². The molecule has 0 N–H and O–H groups in total. The molecule has 0 aromatic heterocycles. The van der Waals surface area contributed by atoms with E-state index in [0.717, 1.165) is 12.2 Å². The molecule has 1 unspecified atom stereocenters. The van der Waals surface area contributed by atoms with Gasteiger partial charge in [-0.15, -0.1) is 0 Å². The average Bonchev–Trinajstić information content (AvgIpc) is 2.53. The Kier molecular flexibility index (Phi) is 3.92. The first-order valence-electron chi connectivity index (χ1n) is 7.49. The van der Waals surface area contributed by atoms with Gasteiger partial charge in [-0.25, -0.2) is 0 Å². The molecule has 0 heterocycles. The number of benzene rings is 3. The van der Waals surface area contributed by atoms with Gasteiger partial charge in [0.05, 0.1) is 0 Å². The van der Waals surface area contributed by atoms with Crippen molar-refractivity contribution in [3.63, 3.8) is 0 Å². The van der Waals surface area contributed by atoms with Gasteiger partial charge in [0.15, 0.2) is 0 Å². The third kappa shape index (κ3) is 2.92. The molecule has 3 aromatic carbocycles. The van der Waals surface area contributed by atoms with E-state index >= 15 is 0 Å². The van der Waals surface area contributed by atoms with Crippen molar-refractivity contribution in [2.75, 3.05) is 0 Å². The molecule has 3 rings (SSSR count). The highest BCUT2D eigenvalue weighted by atomic mass is 16.5. The first-order valence-corrected chi connectivity index (χ1v) is 7.49. The Labute approximate surface area is 126 Å². The monoisotopic (exact) mass is 276 g/mol. The summed E-state index contributed by atoms with van der Waals surface area (Å²) in [6.45, 7) is 4.31. The molecule has 0 bridgehead atoms. The topological polar surface area (TPSA) is 9.23 Å². The molecule has 1 atom stereocenters. The Morgan fingerprint density at radius 2 is 1.57 bits per heavy atom. The number of hydrogen-bond donors (Lipinski definition) is 0. The number of aryl methyl sites for hydroxylation is 1. The summed E-state index contributed by atoms with van der Waals surface area (Å²) in [7, 11) is 0. The maximum absolute atomic E-state index is 6.24. The van der Waals surface area contributed by atoms with Crippen LogP contribution in [0.25, 0.3) is 10.8 Å². The van der Waals surface area contributed by atoms with Crippen molar-refractivity contribution in [3.8, 4) is 5.75 Å². The minimum Gasteiger partial charge on any atom is -0.486 e. The normalized spacial score (nSPS) is 12.3. The van der Waals surface area contributed by atoms with E-state index in [0.29, 0.717) is 0 Å². The summed E-state index contributed by atoms with van der Waals surface area (Å²) in [5, 5.41) is 2.46. The van der Waals surface area contributed by atoms with Crippen molar-refractivity contribution in [2.24, 2.45) is 0 Å². The van der Waals surface area contributed by atoms with Crippen molar-refractivity contribution in [1.29, 1.82) is 0 Å². The molecule has 3 aromatic rings. The van der Waals surface area contributed by atoms with Gasteiger partial charge < -0.3 is 4.74 Å². The van der Waals surface area contributed by atoms with E-state index in [4.69, 9.17) is 4.74 Å². The van der Waals surface area contributed by atoms with Crippen molar-refractivity contribution < 1.29 is 4.74 Å². The number of fused-ring (bicyclic) bond motifs is 1. The largest absolute Gasteiger partial charge is 0.486 e. The van der Waals surface area contributed by atoms with E-state index in [1.807, 2.05) is 0 Å². The Bertz CT molecular complexity index is 745. The van der Waals surface area contributed by atoms with E-state index in [-0.39, 0.29) is 6.10 Å². The fourth-order valence-corrected chi connectivity index (χ4v) is 2.72. The fraction of sp³-hybridized carbons (Fsp3) is 0.200. The predicted octanol–water partition coefficient (Wildman–Crippen LogP) is 5.68. The third-order valence-electron chi connectivity index (χ3n) is 3.91. The van der Waals surface area contributed by atoms with Gasteiger partial charge in [-0.05, 0) is 47.4 Å². The third-order valence-corrected chi connectivity index (χ3v) is 3.91. The smallest absolute Gasteiger partial charge is 0.124 e. The summed E-state index contributed by atoms with van der Waals surface area (Å²) < 4.78 is 6.24. The first kappa shape index (κ1) is 13.7. The average molecular weight is 276 g/mol. The molecular weight excluding hydrogens is 256 g/mol. The lowest BCUT2D eigenvalue weighted by Crippen LogP contribution is -2.08.